The van der Waals surface area contributed by atoms with E-state index in [1.165, 1.54) is 6.07 Å². The smallest absolute Gasteiger partial charge is 0.387 e. The monoisotopic (exact) mass is 294 g/mol. The van der Waals surface area contributed by atoms with Crippen molar-refractivity contribution in [3.8, 4) is 0 Å². The third-order valence-electron chi connectivity index (χ3n) is 2.26. The van der Waals surface area contributed by atoms with Gasteiger partial charge < -0.3 is 9.84 Å². The van der Waals surface area contributed by atoms with E-state index in [9.17, 15) is 19.2 Å². The number of benzene rings is 1. The minimum atomic E-state index is -1.47. The van der Waals surface area contributed by atoms with Crippen LogP contribution in [-0.2, 0) is 19.3 Å². The summed E-state index contributed by atoms with van der Waals surface area (Å²) < 4.78 is 4.44. The molecule has 8 heteroatoms. The highest BCUT2D eigenvalue weighted by atomic mass is 17.2. The molecule has 0 heterocycles. The van der Waals surface area contributed by atoms with Crippen molar-refractivity contribution in [2.75, 3.05) is 7.11 Å². The van der Waals surface area contributed by atoms with Crippen LogP contribution in [0.25, 0.3) is 0 Å². The van der Waals surface area contributed by atoms with Crippen LogP contribution in [0.1, 0.15) is 31.1 Å². The summed E-state index contributed by atoms with van der Waals surface area (Å²) in [6.45, 7) is 3.09. The van der Waals surface area contributed by atoms with E-state index in [2.05, 4.69) is 21.1 Å². The number of carboxylic acids is 1. The van der Waals surface area contributed by atoms with Gasteiger partial charge in [-0.05, 0) is 18.2 Å². The molecule has 0 spiro atoms. The summed E-state index contributed by atoms with van der Waals surface area (Å²) in [5.74, 6) is -4.47. The first-order valence-corrected chi connectivity index (χ1v) is 5.41. The molecule has 0 atom stereocenters. The number of hydrogen-bond acceptors (Lipinski definition) is 7. The molecule has 8 nitrogen and oxygen atoms in total. The number of methoxy groups -OCH3 is 1. The SMILES string of the molecule is C=CC(=O)OOC(=O)c1ccc(C(=O)OC)cc1C(=O)O. The zero-order chi connectivity index (χ0) is 16.0. The zero-order valence-electron chi connectivity index (χ0n) is 10.8. The maximum absolute atomic E-state index is 11.6. The molecular weight excluding hydrogens is 284 g/mol. The van der Waals surface area contributed by atoms with Gasteiger partial charge in [0, 0.05) is 6.08 Å². The number of carbonyl (C=O) groups is 4. The van der Waals surface area contributed by atoms with E-state index < -0.39 is 35.0 Å². The van der Waals surface area contributed by atoms with Crippen LogP contribution in [0, 0.1) is 0 Å². The van der Waals surface area contributed by atoms with Gasteiger partial charge in [0.1, 0.15) is 0 Å². The lowest BCUT2D eigenvalue weighted by molar-refractivity contribution is -0.228. The van der Waals surface area contributed by atoms with E-state index >= 15 is 0 Å². The van der Waals surface area contributed by atoms with Crippen LogP contribution in [0.2, 0.25) is 0 Å². The second kappa shape index (κ2) is 6.85. The lowest BCUT2D eigenvalue weighted by Gasteiger charge is -2.06. The van der Waals surface area contributed by atoms with E-state index in [-0.39, 0.29) is 5.56 Å². The Balaban J connectivity index is 3.09. The van der Waals surface area contributed by atoms with Crippen molar-refractivity contribution in [3.63, 3.8) is 0 Å². The van der Waals surface area contributed by atoms with E-state index in [0.29, 0.717) is 0 Å². The topological polar surface area (TPSA) is 116 Å². The minimum Gasteiger partial charge on any atom is -0.478 e. The Bertz CT molecular complexity index is 617. The fourth-order valence-electron chi connectivity index (χ4n) is 1.30. The molecular formula is C13H10O8. The Morgan fingerprint density at radius 3 is 2.29 bits per heavy atom. The highest BCUT2D eigenvalue weighted by Crippen LogP contribution is 2.15. The maximum Gasteiger partial charge on any atom is 0.387 e. The fraction of sp³-hybridized carbons (Fsp3) is 0.0769. The van der Waals surface area contributed by atoms with Crippen molar-refractivity contribution < 1.29 is 38.8 Å². The van der Waals surface area contributed by atoms with Crippen molar-refractivity contribution in [2.45, 2.75) is 0 Å². The molecule has 1 N–H and O–H groups in total. The van der Waals surface area contributed by atoms with E-state index in [4.69, 9.17) is 5.11 Å². The molecule has 0 bridgehead atoms. The van der Waals surface area contributed by atoms with Crippen molar-refractivity contribution >= 4 is 23.9 Å². The van der Waals surface area contributed by atoms with Crippen LogP contribution in [-0.4, -0.2) is 36.1 Å². The normalized spacial score (nSPS) is 9.38. The second-order valence-corrected chi connectivity index (χ2v) is 3.53. The molecule has 0 saturated carbocycles. The fourth-order valence-corrected chi connectivity index (χ4v) is 1.30. The number of esters is 1. The summed E-state index contributed by atoms with van der Waals surface area (Å²) in [5.41, 5.74) is -0.959. The van der Waals surface area contributed by atoms with E-state index in [0.717, 1.165) is 25.3 Å². The first kappa shape index (κ1) is 15.9. The average molecular weight is 294 g/mol. The van der Waals surface area contributed by atoms with E-state index in [1.54, 1.807) is 0 Å². The molecule has 0 aliphatic carbocycles. The van der Waals surface area contributed by atoms with Gasteiger partial charge in [0.2, 0.25) is 0 Å². The third-order valence-corrected chi connectivity index (χ3v) is 2.26. The van der Waals surface area contributed by atoms with Gasteiger partial charge in [-0.25, -0.2) is 29.0 Å². The molecule has 21 heavy (non-hydrogen) atoms. The van der Waals surface area contributed by atoms with Gasteiger partial charge in [-0.3, -0.25) is 0 Å². The molecule has 1 aromatic carbocycles. The average Bonchev–Trinajstić information content (AvgIpc) is 2.50. The highest BCUT2D eigenvalue weighted by molar-refractivity contribution is 6.04. The molecule has 0 radical (unpaired) electrons. The Hall–Kier alpha value is -3.16. The second-order valence-electron chi connectivity index (χ2n) is 3.53. The molecule has 110 valence electrons. The molecule has 0 aliphatic heterocycles. The van der Waals surface area contributed by atoms with Gasteiger partial charge in [-0.2, -0.15) is 0 Å². The number of hydrogen-bond donors (Lipinski definition) is 1. The molecule has 0 fully saturated rings. The van der Waals surface area contributed by atoms with Gasteiger partial charge >= 0.3 is 23.9 Å². The molecule has 0 aromatic heterocycles. The Kier molecular flexibility index (Phi) is 5.18. The van der Waals surface area contributed by atoms with Crippen LogP contribution < -0.4 is 0 Å². The first-order chi connectivity index (χ1) is 9.90. The van der Waals surface area contributed by atoms with Crippen LogP contribution in [0.5, 0.6) is 0 Å². The van der Waals surface area contributed by atoms with Gasteiger partial charge in [0.05, 0.1) is 23.8 Å². The summed E-state index contributed by atoms with van der Waals surface area (Å²) >= 11 is 0. The van der Waals surface area contributed by atoms with Gasteiger partial charge in [0.25, 0.3) is 0 Å². The molecule has 1 rings (SSSR count). The standard InChI is InChI=1S/C13H10O8/c1-3-10(14)20-21-13(18)8-5-4-7(12(17)19-2)6-9(8)11(15)16/h3-6H,1H2,2H3,(H,15,16). The Morgan fingerprint density at radius 1 is 1.10 bits per heavy atom. The zero-order valence-corrected chi connectivity index (χ0v) is 10.8. The van der Waals surface area contributed by atoms with Crippen molar-refractivity contribution in [3.05, 3.63) is 47.5 Å². The van der Waals surface area contributed by atoms with Crippen LogP contribution in [0.15, 0.2) is 30.9 Å². The molecule has 1 aromatic rings. The van der Waals surface area contributed by atoms with Gasteiger partial charge in [0.15, 0.2) is 0 Å². The molecule has 0 amide bonds. The first-order valence-electron chi connectivity index (χ1n) is 5.41. The van der Waals surface area contributed by atoms with E-state index in [1.807, 2.05) is 0 Å². The maximum atomic E-state index is 11.6. The van der Waals surface area contributed by atoms with Gasteiger partial charge in [-0.15, -0.1) is 0 Å². The molecule has 0 aliphatic rings. The lowest BCUT2D eigenvalue weighted by atomic mass is 10.0. The Morgan fingerprint density at radius 2 is 1.76 bits per heavy atom. The van der Waals surface area contributed by atoms with Crippen LogP contribution in [0.3, 0.4) is 0 Å². The van der Waals surface area contributed by atoms with Crippen molar-refractivity contribution in [2.24, 2.45) is 0 Å². The predicted octanol–water partition coefficient (Wildman–Crippen LogP) is 0.972. The van der Waals surface area contributed by atoms with Crippen LogP contribution >= 0.6 is 0 Å². The summed E-state index contributed by atoms with van der Waals surface area (Å²) in [6.07, 6.45) is 0.756. The van der Waals surface area contributed by atoms with Crippen molar-refractivity contribution in [1.82, 2.24) is 0 Å². The van der Waals surface area contributed by atoms with Crippen LogP contribution in [0.4, 0.5) is 0 Å². The number of ether oxygens (including phenoxy) is 1. The Labute approximate surface area is 118 Å². The summed E-state index contributed by atoms with van der Waals surface area (Å²) in [4.78, 5) is 53.0. The predicted molar refractivity (Wildman–Crippen MR) is 66.4 cm³/mol. The molecule has 0 saturated heterocycles. The summed E-state index contributed by atoms with van der Waals surface area (Å²) in [7, 11) is 1.12. The molecule has 0 unspecified atom stereocenters. The minimum absolute atomic E-state index is 0.0606. The number of rotatable bonds is 4. The van der Waals surface area contributed by atoms with Crippen molar-refractivity contribution in [1.29, 1.82) is 0 Å². The number of carbonyl (C=O) groups excluding carboxylic acids is 3. The third kappa shape index (κ3) is 3.90. The summed E-state index contributed by atoms with van der Waals surface area (Å²) in [6, 6.07) is 3.16. The quantitative estimate of drug-likeness (QED) is 0.378. The lowest BCUT2D eigenvalue weighted by Crippen LogP contribution is -2.15. The summed E-state index contributed by atoms with van der Waals surface area (Å²) in [5, 5.41) is 9.03. The van der Waals surface area contributed by atoms with Gasteiger partial charge in [-0.1, -0.05) is 6.58 Å². The number of carboxylic acid groups (broad SMARTS) is 1. The highest BCUT2D eigenvalue weighted by Gasteiger charge is 2.22. The number of aromatic carboxylic acids is 1. The largest absolute Gasteiger partial charge is 0.478 e.